The van der Waals surface area contributed by atoms with Gasteiger partial charge in [0.15, 0.2) is 5.96 Å². The zero-order valence-electron chi connectivity index (χ0n) is 15.6. The van der Waals surface area contributed by atoms with E-state index >= 15 is 0 Å². The summed E-state index contributed by atoms with van der Waals surface area (Å²) >= 11 is 1.64. The molecule has 1 heterocycles. The number of nitrogens with one attached hydrogen (secondary N) is 2. The summed E-state index contributed by atoms with van der Waals surface area (Å²) in [4.78, 5) is 9.98. The van der Waals surface area contributed by atoms with E-state index in [-0.39, 0.29) is 12.7 Å². The van der Waals surface area contributed by atoms with Crippen molar-refractivity contribution in [2.45, 2.75) is 39.5 Å². The minimum absolute atomic E-state index is 0.0547. The highest BCUT2D eigenvalue weighted by atomic mass is 32.1. The molecule has 0 bridgehead atoms. The Hall–Kier alpha value is -1.96. The van der Waals surface area contributed by atoms with Crippen molar-refractivity contribution in [2.24, 2.45) is 4.99 Å². The van der Waals surface area contributed by atoms with Crippen molar-refractivity contribution in [3.63, 3.8) is 0 Å². The van der Waals surface area contributed by atoms with E-state index in [0.717, 1.165) is 17.1 Å². The third kappa shape index (κ3) is 7.11. The van der Waals surface area contributed by atoms with E-state index in [0.29, 0.717) is 19.0 Å². The summed E-state index contributed by atoms with van der Waals surface area (Å²) in [5.74, 6) is 0.663. The molecule has 0 spiro atoms. The van der Waals surface area contributed by atoms with Crippen LogP contribution in [0.4, 0.5) is 0 Å². The first kappa shape index (κ1) is 20.4. The molecule has 6 nitrogen and oxygen atoms in total. The van der Waals surface area contributed by atoms with E-state index in [2.05, 4.69) is 20.6 Å². The van der Waals surface area contributed by atoms with Gasteiger partial charge in [0, 0.05) is 24.2 Å². The minimum atomic E-state index is -0.618. The van der Waals surface area contributed by atoms with Crippen LogP contribution in [0.2, 0.25) is 0 Å². The third-order valence-corrected chi connectivity index (χ3v) is 4.60. The van der Waals surface area contributed by atoms with Crippen LogP contribution in [0.25, 0.3) is 0 Å². The molecule has 2 aromatic rings. The van der Waals surface area contributed by atoms with Crippen molar-refractivity contribution in [3.05, 3.63) is 52.0 Å². The van der Waals surface area contributed by atoms with Gasteiger partial charge >= 0.3 is 0 Å². The standard InChI is InChI=1S/C19H28N4O2S/c1-4-20-19(23-12-18-21-10-14(2)26-18)22-11-17(24)13-25-15(3)16-8-6-5-7-9-16/h5-10,15,17,24H,4,11-13H2,1-3H3,(H2,20,22,23). The monoisotopic (exact) mass is 376 g/mol. The lowest BCUT2D eigenvalue weighted by molar-refractivity contribution is -0.000599. The predicted octanol–water partition coefficient (Wildman–Crippen LogP) is 2.65. The van der Waals surface area contributed by atoms with Gasteiger partial charge in [-0.2, -0.15) is 0 Å². The van der Waals surface area contributed by atoms with Crippen molar-refractivity contribution in [1.29, 1.82) is 0 Å². The molecule has 0 aliphatic rings. The zero-order valence-corrected chi connectivity index (χ0v) is 16.4. The van der Waals surface area contributed by atoms with Gasteiger partial charge in [-0.1, -0.05) is 30.3 Å². The van der Waals surface area contributed by atoms with Crippen LogP contribution < -0.4 is 10.6 Å². The maximum absolute atomic E-state index is 10.2. The molecule has 0 aliphatic heterocycles. The fourth-order valence-electron chi connectivity index (χ4n) is 2.31. The highest BCUT2D eigenvalue weighted by molar-refractivity contribution is 7.11. The smallest absolute Gasteiger partial charge is 0.191 e. The molecular formula is C19H28N4O2S. The molecule has 0 saturated carbocycles. The number of aliphatic hydroxyl groups excluding tert-OH is 1. The minimum Gasteiger partial charge on any atom is -0.389 e. The fraction of sp³-hybridized carbons (Fsp3) is 0.474. The summed E-state index contributed by atoms with van der Waals surface area (Å²) in [5, 5.41) is 17.5. The van der Waals surface area contributed by atoms with Gasteiger partial charge in [-0.25, -0.2) is 9.98 Å². The number of rotatable bonds is 9. The van der Waals surface area contributed by atoms with Gasteiger partial charge in [-0.3, -0.25) is 0 Å². The van der Waals surface area contributed by atoms with Gasteiger partial charge < -0.3 is 20.5 Å². The summed E-state index contributed by atoms with van der Waals surface area (Å²) < 4.78 is 5.76. The second kappa shape index (κ2) is 10.9. The largest absolute Gasteiger partial charge is 0.389 e. The van der Waals surface area contributed by atoms with Gasteiger partial charge in [0.1, 0.15) is 5.01 Å². The average molecular weight is 377 g/mol. The summed E-state index contributed by atoms with van der Waals surface area (Å²) in [6, 6.07) is 9.98. The molecule has 2 atom stereocenters. The molecule has 0 aliphatic carbocycles. The third-order valence-electron chi connectivity index (χ3n) is 3.70. The Morgan fingerprint density at radius 3 is 2.73 bits per heavy atom. The topological polar surface area (TPSA) is 78.8 Å². The molecule has 1 aromatic heterocycles. The highest BCUT2D eigenvalue weighted by Gasteiger charge is 2.10. The number of guanidine groups is 1. The normalized spacial score (nSPS) is 14.1. The Labute approximate surface area is 159 Å². The maximum atomic E-state index is 10.2. The maximum Gasteiger partial charge on any atom is 0.191 e. The molecule has 0 radical (unpaired) electrons. The fourth-order valence-corrected chi connectivity index (χ4v) is 3.02. The second-order valence-electron chi connectivity index (χ2n) is 5.98. The van der Waals surface area contributed by atoms with Gasteiger partial charge in [0.25, 0.3) is 0 Å². The van der Waals surface area contributed by atoms with E-state index in [9.17, 15) is 5.11 Å². The molecule has 0 fully saturated rings. The lowest BCUT2D eigenvalue weighted by Crippen LogP contribution is -2.42. The van der Waals surface area contributed by atoms with Crippen molar-refractivity contribution in [3.8, 4) is 0 Å². The molecule has 7 heteroatoms. The first-order chi connectivity index (χ1) is 12.6. The number of benzene rings is 1. The van der Waals surface area contributed by atoms with E-state index in [1.54, 1.807) is 11.3 Å². The first-order valence-corrected chi connectivity index (χ1v) is 9.68. The number of hydrogen-bond donors (Lipinski definition) is 3. The summed E-state index contributed by atoms with van der Waals surface area (Å²) in [5.41, 5.74) is 1.10. The van der Waals surface area contributed by atoms with Crippen LogP contribution in [-0.4, -0.2) is 41.9 Å². The quantitative estimate of drug-likeness (QED) is 0.463. The average Bonchev–Trinajstić information content (AvgIpc) is 3.08. The number of thiazole rings is 1. The molecule has 2 unspecified atom stereocenters. The van der Waals surface area contributed by atoms with Gasteiger partial charge in [-0.05, 0) is 26.3 Å². The number of aliphatic imine (C=N–C) groups is 1. The molecule has 3 N–H and O–H groups in total. The van der Waals surface area contributed by atoms with Crippen LogP contribution in [0.15, 0.2) is 41.5 Å². The lowest BCUT2D eigenvalue weighted by Gasteiger charge is -2.18. The van der Waals surface area contributed by atoms with E-state index < -0.39 is 6.10 Å². The van der Waals surface area contributed by atoms with Crippen LogP contribution in [0, 0.1) is 6.92 Å². The molecule has 26 heavy (non-hydrogen) atoms. The number of ether oxygens (including phenoxy) is 1. The first-order valence-electron chi connectivity index (χ1n) is 8.86. The van der Waals surface area contributed by atoms with Crippen LogP contribution in [0.5, 0.6) is 0 Å². The molecule has 0 amide bonds. The van der Waals surface area contributed by atoms with E-state index in [1.165, 1.54) is 4.88 Å². The van der Waals surface area contributed by atoms with Crippen LogP contribution in [-0.2, 0) is 11.3 Å². The molecule has 1 aromatic carbocycles. The summed E-state index contributed by atoms with van der Waals surface area (Å²) in [6.45, 7) is 7.91. The van der Waals surface area contributed by atoms with Crippen LogP contribution in [0.3, 0.4) is 0 Å². The summed E-state index contributed by atoms with van der Waals surface area (Å²) in [6.07, 6.45) is 1.18. The van der Waals surface area contributed by atoms with Gasteiger partial charge in [0.2, 0.25) is 0 Å². The Morgan fingerprint density at radius 1 is 1.31 bits per heavy atom. The lowest BCUT2D eigenvalue weighted by atomic mass is 10.1. The van der Waals surface area contributed by atoms with Gasteiger partial charge in [-0.15, -0.1) is 11.3 Å². The number of aliphatic hydroxyl groups is 1. The van der Waals surface area contributed by atoms with Crippen molar-refractivity contribution in [1.82, 2.24) is 15.6 Å². The van der Waals surface area contributed by atoms with Crippen molar-refractivity contribution in [2.75, 3.05) is 19.7 Å². The Balaban J connectivity index is 1.76. The van der Waals surface area contributed by atoms with E-state index in [1.807, 2.05) is 57.3 Å². The van der Waals surface area contributed by atoms with Crippen LogP contribution in [0.1, 0.15) is 35.4 Å². The number of nitrogens with zero attached hydrogens (tertiary/aromatic N) is 2. The Morgan fingerprint density at radius 2 is 2.08 bits per heavy atom. The van der Waals surface area contributed by atoms with Crippen molar-refractivity contribution < 1.29 is 9.84 Å². The SMILES string of the molecule is CCNC(=NCc1ncc(C)s1)NCC(O)COC(C)c1ccccc1. The Bertz CT molecular complexity index is 675. The van der Waals surface area contributed by atoms with Crippen molar-refractivity contribution >= 4 is 17.3 Å². The predicted molar refractivity (Wildman–Crippen MR) is 106 cm³/mol. The molecule has 0 saturated heterocycles. The second-order valence-corrected chi connectivity index (χ2v) is 7.30. The number of aromatic nitrogens is 1. The number of aryl methyl sites for hydroxylation is 1. The number of hydrogen-bond acceptors (Lipinski definition) is 5. The summed E-state index contributed by atoms with van der Waals surface area (Å²) in [7, 11) is 0. The van der Waals surface area contributed by atoms with Crippen LogP contribution >= 0.6 is 11.3 Å². The molecule has 142 valence electrons. The van der Waals surface area contributed by atoms with Gasteiger partial charge in [0.05, 0.1) is 25.4 Å². The highest BCUT2D eigenvalue weighted by Crippen LogP contribution is 2.15. The Kier molecular flexibility index (Phi) is 8.53. The molecular weight excluding hydrogens is 348 g/mol. The van der Waals surface area contributed by atoms with E-state index in [4.69, 9.17) is 4.74 Å². The zero-order chi connectivity index (χ0) is 18.8. The molecule has 2 rings (SSSR count).